The summed E-state index contributed by atoms with van der Waals surface area (Å²) in [7, 11) is 0. The average Bonchev–Trinajstić information content (AvgIpc) is 2.37. The zero-order valence-electron chi connectivity index (χ0n) is 11.1. The molecular formula is C12H23N5. The lowest BCUT2D eigenvalue weighted by Gasteiger charge is -2.21. The molecule has 1 aromatic heterocycles. The van der Waals surface area contributed by atoms with Gasteiger partial charge in [-0.3, -0.25) is 0 Å². The van der Waals surface area contributed by atoms with Gasteiger partial charge in [0.2, 0.25) is 5.95 Å². The molecule has 17 heavy (non-hydrogen) atoms. The third-order valence-corrected chi connectivity index (χ3v) is 2.67. The number of hydrogen-bond donors (Lipinski definition) is 1. The van der Waals surface area contributed by atoms with Gasteiger partial charge in [0.15, 0.2) is 0 Å². The van der Waals surface area contributed by atoms with Crippen LogP contribution in [0.1, 0.15) is 38.6 Å². The number of nitrogens with zero attached hydrogens (tertiary/aromatic N) is 4. The first-order valence-electron chi connectivity index (χ1n) is 6.44. The Labute approximate surface area is 103 Å². The summed E-state index contributed by atoms with van der Waals surface area (Å²) in [5.74, 6) is 0.714. The van der Waals surface area contributed by atoms with Crippen LogP contribution in [0.2, 0.25) is 0 Å². The fourth-order valence-electron chi connectivity index (χ4n) is 1.80. The first-order chi connectivity index (χ1) is 8.26. The van der Waals surface area contributed by atoms with Gasteiger partial charge >= 0.3 is 0 Å². The standard InChI is InChI=1S/C12H23N5/c1-4-8-17(9-7-13)12-14-10(5-2)11(6-3)15-16-12/h4-9,13H2,1-3H3. The zero-order valence-corrected chi connectivity index (χ0v) is 11.1. The minimum atomic E-state index is 0.611. The highest BCUT2D eigenvalue weighted by atomic mass is 15.3. The highest BCUT2D eigenvalue weighted by molar-refractivity contribution is 5.30. The molecule has 96 valence electrons. The highest BCUT2D eigenvalue weighted by Gasteiger charge is 2.11. The smallest absolute Gasteiger partial charge is 0.245 e. The van der Waals surface area contributed by atoms with Crippen LogP contribution in [0.4, 0.5) is 5.95 Å². The van der Waals surface area contributed by atoms with Gasteiger partial charge in [0.1, 0.15) is 0 Å². The fourth-order valence-corrected chi connectivity index (χ4v) is 1.80. The molecule has 1 heterocycles. The Kier molecular flexibility index (Phi) is 5.83. The van der Waals surface area contributed by atoms with Crippen molar-refractivity contribution in [3.63, 3.8) is 0 Å². The van der Waals surface area contributed by atoms with Gasteiger partial charge in [-0.1, -0.05) is 20.8 Å². The molecule has 1 aromatic rings. The molecule has 0 atom stereocenters. The van der Waals surface area contributed by atoms with Crippen LogP contribution in [-0.2, 0) is 12.8 Å². The molecule has 0 aliphatic rings. The van der Waals surface area contributed by atoms with Crippen LogP contribution in [-0.4, -0.2) is 34.8 Å². The topological polar surface area (TPSA) is 67.9 Å². The Balaban J connectivity index is 2.94. The molecule has 2 N–H and O–H groups in total. The molecule has 0 aliphatic carbocycles. The lowest BCUT2D eigenvalue weighted by Crippen LogP contribution is -2.32. The van der Waals surface area contributed by atoms with Crippen LogP contribution < -0.4 is 10.6 Å². The predicted octanol–water partition coefficient (Wildman–Crippen LogP) is 1.17. The second-order valence-electron chi connectivity index (χ2n) is 3.99. The number of rotatable bonds is 7. The molecule has 0 unspecified atom stereocenters. The monoisotopic (exact) mass is 237 g/mol. The molecule has 0 bridgehead atoms. The van der Waals surface area contributed by atoms with Gasteiger partial charge in [-0.25, -0.2) is 4.98 Å². The van der Waals surface area contributed by atoms with Crippen LogP contribution in [0.5, 0.6) is 0 Å². The summed E-state index contributed by atoms with van der Waals surface area (Å²) in [6.45, 7) is 8.63. The van der Waals surface area contributed by atoms with Gasteiger partial charge in [-0.15, -0.1) is 5.10 Å². The molecule has 1 rings (SSSR count). The minimum absolute atomic E-state index is 0.611. The molecule has 5 heteroatoms. The molecule has 0 saturated heterocycles. The van der Waals surface area contributed by atoms with Gasteiger partial charge < -0.3 is 10.6 Å². The van der Waals surface area contributed by atoms with Gasteiger partial charge in [-0.05, 0) is 19.3 Å². The maximum atomic E-state index is 5.61. The van der Waals surface area contributed by atoms with E-state index in [4.69, 9.17) is 5.73 Å². The van der Waals surface area contributed by atoms with E-state index in [1.54, 1.807) is 0 Å². The lowest BCUT2D eigenvalue weighted by atomic mass is 10.2. The van der Waals surface area contributed by atoms with Crippen LogP contribution in [0.3, 0.4) is 0 Å². The molecule has 0 fully saturated rings. The fraction of sp³-hybridized carbons (Fsp3) is 0.750. The third-order valence-electron chi connectivity index (χ3n) is 2.67. The molecule has 5 nitrogen and oxygen atoms in total. The molecular weight excluding hydrogens is 214 g/mol. The van der Waals surface area contributed by atoms with E-state index in [2.05, 4.69) is 40.9 Å². The zero-order chi connectivity index (χ0) is 12.7. The van der Waals surface area contributed by atoms with E-state index in [-0.39, 0.29) is 0 Å². The van der Waals surface area contributed by atoms with E-state index in [0.717, 1.165) is 43.7 Å². The number of aryl methyl sites for hydroxylation is 2. The van der Waals surface area contributed by atoms with E-state index >= 15 is 0 Å². The Hall–Kier alpha value is -1.23. The second kappa shape index (κ2) is 7.17. The SMILES string of the molecule is CCCN(CCN)c1nnc(CC)c(CC)n1. The molecule has 0 aromatic carbocycles. The van der Waals surface area contributed by atoms with Crippen LogP contribution in [0, 0.1) is 0 Å². The van der Waals surface area contributed by atoms with E-state index in [1.165, 1.54) is 0 Å². The maximum absolute atomic E-state index is 5.61. The lowest BCUT2D eigenvalue weighted by molar-refractivity contribution is 0.707. The second-order valence-corrected chi connectivity index (χ2v) is 3.99. The Bertz CT molecular complexity index is 334. The average molecular weight is 237 g/mol. The van der Waals surface area contributed by atoms with E-state index in [0.29, 0.717) is 12.5 Å². The molecule has 0 amide bonds. The highest BCUT2D eigenvalue weighted by Crippen LogP contribution is 2.11. The van der Waals surface area contributed by atoms with Gasteiger partial charge in [0.05, 0.1) is 11.4 Å². The molecule has 0 saturated carbocycles. The molecule has 0 spiro atoms. The van der Waals surface area contributed by atoms with Crippen molar-refractivity contribution in [2.45, 2.75) is 40.0 Å². The Morgan fingerprint density at radius 1 is 1.00 bits per heavy atom. The van der Waals surface area contributed by atoms with Gasteiger partial charge in [0, 0.05) is 19.6 Å². The summed E-state index contributed by atoms with van der Waals surface area (Å²) in [5, 5.41) is 8.46. The van der Waals surface area contributed by atoms with E-state index in [1.807, 2.05) is 0 Å². The number of hydrogen-bond acceptors (Lipinski definition) is 5. The normalized spacial score (nSPS) is 10.6. The first kappa shape index (κ1) is 13.8. The van der Waals surface area contributed by atoms with E-state index in [9.17, 15) is 0 Å². The summed E-state index contributed by atoms with van der Waals surface area (Å²) in [5.41, 5.74) is 7.66. The third kappa shape index (κ3) is 3.63. The van der Waals surface area contributed by atoms with Crippen molar-refractivity contribution >= 4 is 5.95 Å². The molecule has 0 radical (unpaired) electrons. The summed E-state index contributed by atoms with van der Waals surface area (Å²) in [4.78, 5) is 6.70. The van der Waals surface area contributed by atoms with Crippen LogP contribution >= 0.6 is 0 Å². The first-order valence-corrected chi connectivity index (χ1v) is 6.44. The summed E-state index contributed by atoms with van der Waals surface area (Å²) < 4.78 is 0. The van der Waals surface area contributed by atoms with Crippen LogP contribution in [0.25, 0.3) is 0 Å². The summed E-state index contributed by atoms with van der Waals surface area (Å²) >= 11 is 0. The Morgan fingerprint density at radius 2 is 1.71 bits per heavy atom. The minimum Gasteiger partial charge on any atom is -0.338 e. The van der Waals surface area contributed by atoms with Crippen molar-refractivity contribution in [3.8, 4) is 0 Å². The van der Waals surface area contributed by atoms with E-state index < -0.39 is 0 Å². The van der Waals surface area contributed by atoms with Crippen molar-refractivity contribution < 1.29 is 0 Å². The number of nitrogens with two attached hydrogens (primary N) is 1. The largest absolute Gasteiger partial charge is 0.338 e. The van der Waals surface area contributed by atoms with Crippen LogP contribution in [0.15, 0.2) is 0 Å². The van der Waals surface area contributed by atoms with Gasteiger partial charge in [0.25, 0.3) is 0 Å². The maximum Gasteiger partial charge on any atom is 0.245 e. The number of anilines is 1. The van der Waals surface area contributed by atoms with Crippen molar-refractivity contribution in [2.75, 3.05) is 24.5 Å². The molecule has 0 aliphatic heterocycles. The van der Waals surface area contributed by atoms with Crippen molar-refractivity contribution in [1.82, 2.24) is 15.2 Å². The van der Waals surface area contributed by atoms with Crippen molar-refractivity contribution in [2.24, 2.45) is 5.73 Å². The summed E-state index contributed by atoms with van der Waals surface area (Å²) in [6.07, 6.45) is 2.84. The van der Waals surface area contributed by atoms with Gasteiger partial charge in [-0.2, -0.15) is 5.10 Å². The van der Waals surface area contributed by atoms with Crippen molar-refractivity contribution in [3.05, 3.63) is 11.4 Å². The Morgan fingerprint density at radius 3 is 2.24 bits per heavy atom. The predicted molar refractivity (Wildman–Crippen MR) is 70.1 cm³/mol. The van der Waals surface area contributed by atoms with Crippen molar-refractivity contribution in [1.29, 1.82) is 0 Å². The number of aromatic nitrogens is 3. The summed E-state index contributed by atoms with van der Waals surface area (Å²) in [6, 6.07) is 0. The quantitative estimate of drug-likeness (QED) is 0.771.